The fourth-order valence-electron chi connectivity index (χ4n) is 2.42. The number of carbonyl (C=O) groups is 1. The summed E-state index contributed by atoms with van der Waals surface area (Å²) >= 11 is 0. The summed E-state index contributed by atoms with van der Waals surface area (Å²) < 4.78 is 24.5. The molecule has 0 radical (unpaired) electrons. The molecule has 0 aliphatic heterocycles. The summed E-state index contributed by atoms with van der Waals surface area (Å²) in [4.78, 5) is 11.8. The predicted octanol–water partition coefficient (Wildman–Crippen LogP) is 4.15. The van der Waals surface area contributed by atoms with Crippen LogP contribution in [0.25, 0.3) is 0 Å². The minimum atomic E-state index is -0.673. The summed E-state index contributed by atoms with van der Waals surface area (Å²) in [6.07, 6.45) is 1.49. The molecule has 1 fully saturated rings. The molecule has 0 heterocycles. The third kappa shape index (κ3) is 5.39. The molecule has 0 aromatic heterocycles. The first-order chi connectivity index (χ1) is 10.8. The van der Waals surface area contributed by atoms with Gasteiger partial charge in [0, 0.05) is 18.3 Å². The molecule has 128 valence electrons. The van der Waals surface area contributed by atoms with E-state index in [-0.39, 0.29) is 5.69 Å². The maximum absolute atomic E-state index is 13.8. The third-order valence-corrected chi connectivity index (χ3v) is 3.47. The molecule has 0 unspecified atom stereocenters. The van der Waals surface area contributed by atoms with E-state index in [4.69, 9.17) is 9.47 Å². The van der Waals surface area contributed by atoms with Gasteiger partial charge < -0.3 is 14.8 Å². The number of hydrogen-bond acceptors (Lipinski definition) is 4. The molecule has 1 aromatic carbocycles. The Morgan fingerprint density at radius 3 is 2.65 bits per heavy atom. The largest absolute Gasteiger partial charge is 0.444 e. The van der Waals surface area contributed by atoms with Gasteiger partial charge in [-0.25, -0.2) is 9.18 Å². The van der Waals surface area contributed by atoms with E-state index in [0.29, 0.717) is 12.1 Å². The van der Waals surface area contributed by atoms with Crippen LogP contribution in [0.1, 0.15) is 40.5 Å². The molecule has 6 heteroatoms. The maximum atomic E-state index is 13.8. The molecule has 0 spiro atoms. The van der Waals surface area contributed by atoms with Crippen molar-refractivity contribution in [3.8, 4) is 0 Å². The molecule has 0 bridgehead atoms. The van der Waals surface area contributed by atoms with Crippen molar-refractivity contribution >= 4 is 17.5 Å². The van der Waals surface area contributed by atoms with Crippen LogP contribution < -0.4 is 10.6 Å². The van der Waals surface area contributed by atoms with Gasteiger partial charge in [0.2, 0.25) is 0 Å². The minimum Gasteiger partial charge on any atom is -0.444 e. The molecule has 1 saturated carbocycles. The zero-order valence-electron chi connectivity index (χ0n) is 14.1. The highest BCUT2D eigenvalue weighted by molar-refractivity contribution is 5.85. The van der Waals surface area contributed by atoms with Gasteiger partial charge in [0.15, 0.2) is 0 Å². The maximum Gasteiger partial charge on any atom is 0.412 e. The molecule has 0 saturated heterocycles. The summed E-state index contributed by atoms with van der Waals surface area (Å²) in [6, 6.07) is 4.87. The van der Waals surface area contributed by atoms with Crippen LogP contribution in [0.15, 0.2) is 18.2 Å². The van der Waals surface area contributed by atoms with Crippen LogP contribution in [0.3, 0.4) is 0 Å². The topological polar surface area (TPSA) is 59.6 Å². The highest BCUT2D eigenvalue weighted by Gasteiger charge is 2.29. The molecule has 2 N–H and O–H groups in total. The van der Waals surface area contributed by atoms with Gasteiger partial charge in [-0.15, -0.1) is 0 Å². The number of benzene rings is 1. The second-order valence-corrected chi connectivity index (χ2v) is 6.71. The van der Waals surface area contributed by atoms with Gasteiger partial charge in [0.25, 0.3) is 0 Å². The zero-order valence-corrected chi connectivity index (χ0v) is 14.1. The monoisotopic (exact) mass is 324 g/mol. The van der Waals surface area contributed by atoms with E-state index in [1.165, 1.54) is 6.07 Å². The number of ether oxygens (including phenoxy) is 2. The Kier molecular flexibility index (Phi) is 5.46. The van der Waals surface area contributed by atoms with Crippen LogP contribution in [0.4, 0.5) is 20.6 Å². The van der Waals surface area contributed by atoms with Crippen molar-refractivity contribution in [2.75, 3.05) is 17.2 Å². The van der Waals surface area contributed by atoms with Crippen molar-refractivity contribution in [3.05, 3.63) is 24.0 Å². The van der Waals surface area contributed by atoms with Crippen molar-refractivity contribution in [2.45, 2.75) is 58.3 Å². The van der Waals surface area contributed by atoms with E-state index in [0.717, 1.165) is 25.1 Å². The van der Waals surface area contributed by atoms with Gasteiger partial charge in [0.05, 0.1) is 11.8 Å². The number of nitrogens with one attached hydrogen (secondary N) is 2. The van der Waals surface area contributed by atoms with Crippen molar-refractivity contribution in [1.82, 2.24) is 0 Å². The number of carbonyl (C=O) groups excluding carboxylic acids is 1. The highest BCUT2D eigenvalue weighted by atomic mass is 19.1. The minimum absolute atomic E-state index is 0.102. The highest BCUT2D eigenvalue weighted by Crippen LogP contribution is 2.28. The van der Waals surface area contributed by atoms with Gasteiger partial charge in [0.1, 0.15) is 11.4 Å². The van der Waals surface area contributed by atoms with Gasteiger partial charge in [-0.3, -0.25) is 5.32 Å². The lowest BCUT2D eigenvalue weighted by atomic mass is 9.89. The summed E-state index contributed by atoms with van der Waals surface area (Å²) in [5.41, 5.74) is 0.235. The summed E-state index contributed by atoms with van der Waals surface area (Å²) in [5, 5.41) is 5.76. The second kappa shape index (κ2) is 7.17. The lowest BCUT2D eigenvalue weighted by molar-refractivity contribution is 0.00299. The first-order valence-corrected chi connectivity index (χ1v) is 7.94. The quantitative estimate of drug-likeness (QED) is 0.854. The molecule has 1 amide bonds. The van der Waals surface area contributed by atoms with Crippen LogP contribution in [0.5, 0.6) is 0 Å². The zero-order chi connectivity index (χ0) is 17.0. The average molecular weight is 324 g/mol. The Bertz CT molecular complexity index is 551. The van der Waals surface area contributed by atoms with Gasteiger partial charge in [-0.2, -0.15) is 0 Å². The summed E-state index contributed by atoms with van der Waals surface area (Å²) in [5.74, 6) is -0.498. The molecule has 5 nitrogen and oxygen atoms in total. The van der Waals surface area contributed by atoms with Crippen LogP contribution in [0, 0.1) is 5.82 Å². The van der Waals surface area contributed by atoms with Crippen LogP contribution in [-0.2, 0) is 9.47 Å². The van der Waals surface area contributed by atoms with Gasteiger partial charge in [-0.05, 0) is 58.7 Å². The van der Waals surface area contributed by atoms with Crippen molar-refractivity contribution in [1.29, 1.82) is 0 Å². The molecule has 2 rings (SSSR count). The van der Waals surface area contributed by atoms with Crippen LogP contribution >= 0.6 is 0 Å². The van der Waals surface area contributed by atoms with Crippen LogP contribution in [0.2, 0.25) is 0 Å². The predicted molar refractivity (Wildman–Crippen MR) is 88.3 cm³/mol. The normalized spacial score (nSPS) is 20.6. The Labute approximate surface area is 136 Å². The first-order valence-electron chi connectivity index (χ1n) is 7.94. The fourth-order valence-corrected chi connectivity index (χ4v) is 2.42. The molecule has 0 atom stereocenters. The number of hydrogen-bond donors (Lipinski definition) is 2. The third-order valence-electron chi connectivity index (χ3n) is 3.47. The molecule has 23 heavy (non-hydrogen) atoms. The van der Waals surface area contributed by atoms with Crippen LogP contribution in [-0.4, -0.2) is 30.4 Å². The molecular weight excluding hydrogens is 299 g/mol. The standard InChI is InChI=1S/C17H25FN2O3/c1-5-22-13-8-12(9-13)19-11-6-7-14(18)15(10-11)20-16(21)23-17(2,3)4/h6-7,10,12-13,19H,5,8-9H2,1-4H3,(H,20,21). The smallest absolute Gasteiger partial charge is 0.412 e. The Morgan fingerprint density at radius 1 is 1.35 bits per heavy atom. The Hall–Kier alpha value is -1.82. The van der Waals surface area contributed by atoms with E-state index < -0.39 is 17.5 Å². The number of amides is 1. The SMILES string of the molecule is CCOC1CC(Nc2ccc(F)c(NC(=O)OC(C)(C)C)c2)C1. The summed E-state index contributed by atoms with van der Waals surface area (Å²) in [7, 11) is 0. The number of halogens is 1. The van der Waals surface area contributed by atoms with E-state index >= 15 is 0 Å². The number of anilines is 2. The molecule has 1 aromatic rings. The van der Waals surface area contributed by atoms with Gasteiger partial charge >= 0.3 is 6.09 Å². The van der Waals surface area contributed by atoms with E-state index in [1.807, 2.05) is 6.92 Å². The Morgan fingerprint density at radius 2 is 2.04 bits per heavy atom. The lowest BCUT2D eigenvalue weighted by Gasteiger charge is -2.36. The van der Waals surface area contributed by atoms with Crippen molar-refractivity contribution < 1.29 is 18.7 Å². The van der Waals surface area contributed by atoms with E-state index in [2.05, 4.69) is 10.6 Å². The van der Waals surface area contributed by atoms with Crippen molar-refractivity contribution in [3.63, 3.8) is 0 Å². The second-order valence-electron chi connectivity index (χ2n) is 6.71. The first kappa shape index (κ1) is 17.5. The fraction of sp³-hybridized carbons (Fsp3) is 0.588. The molecular formula is C17H25FN2O3. The van der Waals surface area contributed by atoms with E-state index in [1.54, 1.807) is 32.9 Å². The Balaban J connectivity index is 1.93. The lowest BCUT2D eigenvalue weighted by Crippen LogP contribution is -2.40. The number of rotatable bonds is 5. The van der Waals surface area contributed by atoms with E-state index in [9.17, 15) is 9.18 Å². The molecule has 1 aliphatic rings. The van der Waals surface area contributed by atoms with Gasteiger partial charge in [-0.1, -0.05) is 0 Å². The molecule has 1 aliphatic carbocycles. The summed E-state index contributed by atoms with van der Waals surface area (Å²) in [6.45, 7) is 7.97. The van der Waals surface area contributed by atoms with Crippen molar-refractivity contribution in [2.24, 2.45) is 0 Å². The average Bonchev–Trinajstić information content (AvgIpc) is 2.38.